The summed E-state index contributed by atoms with van der Waals surface area (Å²) in [5.74, 6) is 1.57. The second-order valence-electron chi connectivity index (χ2n) is 7.15. The fourth-order valence-corrected chi connectivity index (χ4v) is 5.03. The van der Waals surface area contributed by atoms with E-state index in [-0.39, 0.29) is 0 Å². The number of likely N-dealkylation sites (tertiary alicyclic amines) is 1. The molecule has 0 bridgehead atoms. The van der Waals surface area contributed by atoms with Crippen molar-refractivity contribution in [1.82, 2.24) is 20.5 Å². The Morgan fingerprint density at radius 1 is 1.37 bits per heavy atom. The number of aliphatic imine (C=N–C) groups is 1. The summed E-state index contributed by atoms with van der Waals surface area (Å²) in [6, 6.07) is 4.39. The molecular weight excluding hydrogens is 374 g/mol. The number of hydrogen-bond acceptors (Lipinski definition) is 5. The minimum atomic E-state index is 0.643. The van der Waals surface area contributed by atoms with Crippen molar-refractivity contribution in [2.45, 2.75) is 46.7 Å². The molecule has 1 saturated heterocycles. The lowest BCUT2D eigenvalue weighted by Gasteiger charge is -2.32. The van der Waals surface area contributed by atoms with Crippen LogP contribution in [-0.4, -0.2) is 42.0 Å². The lowest BCUT2D eigenvalue weighted by Crippen LogP contribution is -2.44. The Morgan fingerprint density at radius 2 is 2.26 bits per heavy atom. The van der Waals surface area contributed by atoms with E-state index in [9.17, 15) is 0 Å². The van der Waals surface area contributed by atoms with Gasteiger partial charge in [0, 0.05) is 35.9 Å². The van der Waals surface area contributed by atoms with E-state index >= 15 is 0 Å². The van der Waals surface area contributed by atoms with Gasteiger partial charge in [-0.1, -0.05) is 6.07 Å². The zero-order chi connectivity index (χ0) is 19.1. The van der Waals surface area contributed by atoms with Crippen LogP contribution in [0.2, 0.25) is 0 Å². The molecule has 7 heteroatoms. The molecule has 0 saturated carbocycles. The Labute approximate surface area is 170 Å². The number of aryl methyl sites for hydroxylation is 2. The zero-order valence-electron chi connectivity index (χ0n) is 16.6. The van der Waals surface area contributed by atoms with Crippen molar-refractivity contribution in [2.75, 3.05) is 26.2 Å². The quantitative estimate of drug-likeness (QED) is 0.544. The summed E-state index contributed by atoms with van der Waals surface area (Å²) in [7, 11) is 0. The average molecular weight is 406 g/mol. The number of rotatable bonds is 7. The Morgan fingerprint density at radius 3 is 2.96 bits per heavy atom. The van der Waals surface area contributed by atoms with E-state index in [1.165, 1.54) is 29.1 Å². The summed E-state index contributed by atoms with van der Waals surface area (Å²) in [5, 5.41) is 10.2. The van der Waals surface area contributed by atoms with Gasteiger partial charge >= 0.3 is 0 Å². The van der Waals surface area contributed by atoms with Gasteiger partial charge in [-0.2, -0.15) is 0 Å². The van der Waals surface area contributed by atoms with Gasteiger partial charge in [-0.15, -0.1) is 22.7 Å². The van der Waals surface area contributed by atoms with Crippen LogP contribution in [0.3, 0.4) is 0 Å². The molecular formula is C20H31N5S2. The number of thiazole rings is 1. The minimum Gasteiger partial charge on any atom is -0.357 e. The maximum Gasteiger partial charge on any atom is 0.191 e. The largest absolute Gasteiger partial charge is 0.357 e. The van der Waals surface area contributed by atoms with Crippen LogP contribution in [0.5, 0.6) is 0 Å². The summed E-state index contributed by atoms with van der Waals surface area (Å²) in [4.78, 5) is 14.7. The number of nitrogens with zero attached hydrogens (tertiary/aromatic N) is 3. The van der Waals surface area contributed by atoms with Gasteiger partial charge in [-0.05, 0) is 57.5 Å². The first-order valence-corrected chi connectivity index (χ1v) is 11.5. The Balaban J connectivity index is 1.49. The van der Waals surface area contributed by atoms with Crippen LogP contribution in [0, 0.1) is 19.8 Å². The van der Waals surface area contributed by atoms with Gasteiger partial charge in [-0.3, -0.25) is 4.90 Å². The molecule has 27 heavy (non-hydrogen) atoms. The minimum absolute atomic E-state index is 0.643. The van der Waals surface area contributed by atoms with Crippen LogP contribution < -0.4 is 10.6 Å². The van der Waals surface area contributed by atoms with Gasteiger partial charge in [0.2, 0.25) is 0 Å². The smallest absolute Gasteiger partial charge is 0.191 e. The van der Waals surface area contributed by atoms with Gasteiger partial charge in [-0.25, -0.2) is 9.98 Å². The predicted octanol–water partition coefficient (Wildman–Crippen LogP) is 3.79. The third-order valence-corrected chi connectivity index (χ3v) is 6.83. The molecule has 1 fully saturated rings. The molecule has 0 radical (unpaired) electrons. The molecule has 1 aliphatic heterocycles. The Bertz CT molecular complexity index is 703. The summed E-state index contributed by atoms with van der Waals surface area (Å²) in [6.45, 7) is 12.2. The molecule has 0 aliphatic carbocycles. The Kier molecular flexibility index (Phi) is 7.67. The first-order valence-electron chi connectivity index (χ1n) is 9.84. The van der Waals surface area contributed by atoms with Crippen molar-refractivity contribution in [1.29, 1.82) is 0 Å². The molecule has 0 spiro atoms. The molecule has 2 aromatic rings. The van der Waals surface area contributed by atoms with Crippen molar-refractivity contribution in [3.8, 4) is 0 Å². The van der Waals surface area contributed by atoms with Crippen LogP contribution in [0.25, 0.3) is 0 Å². The molecule has 1 atom stereocenters. The lowest BCUT2D eigenvalue weighted by atomic mass is 9.98. The molecule has 0 amide bonds. The third kappa shape index (κ3) is 6.30. The van der Waals surface area contributed by atoms with E-state index in [4.69, 9.17) is 4.99 Å². The third-order valence-electron chi connectivity index (χ3n) is 4.91. The highest BCUT2D eigenvalue weighted by Crippen LogP contribution is 2.20. The number of aromatic nitrogens is 1. The molecule has 5 nitrogen and oxygen atoms in total. The SMILES string of the molecule is CCNC(=NCc1nc(C)c(C)s1)NCC1CCCN(Cc2cccs2)C1. The Hall–Kier alpha value is -1.44. The molecule has 2 aromatic heterocycles. The standard InChI is InChI=1S/C20H31N5S2/c1-4-21-20(23-12-19-24-15(2)16(3)27-19)22-11-17-7-5-9-25(13-17)14-18-8-6-10-26-18/h6,8,10,17H,4-5,7,9,11-14H2,1-3H3,(H2,21,22,23). The maximum atomic E-state index is 4.73. The van der Waals surface area contributed by atoms with Gasteiger partial charge in [0.05, 0.1) is 12.2 Å². The van der Waals surface area contributed by atoms with Gasteiger partial charge in [0.15, 0.2) is 5.96 Å². The average Bonchev–Trinajstić information content (AvgIpc) is 3.28. The van der Waals surface area contributed by atoms with E-state index in [1.807, 2.05) is 11.3 Å². The van der Waals surface area contributed by atoms with E-state index < -0.39 is 0 Å². The lowest BCUT2D eigenvalue weighted by molar-refractivity contribution is 0.169. The van der Waals surface area contributed by atoms with Crippen LogP contribution in [0.4, 0.5) is 0 Å². The molecule has 3 rings (SSSR count). The van der Waals surface area contributed by atoms with Gasteiger partial charge < -0.3 is 10.6 Å². The summed E-state index contributed by atoms with van der Waals surface area (Å²) < 4.78 is 0. The number of hydrogen-bond donors (Lipinski definition) is 2. The predicted molar refractivity (Wildman–Crippen MR) is 117 cm³/mol. The second-order valence-corrected chi connectivity index (χ2v) is 9.47. The van der Waals surface area contributed by atoms with Crippen LogP contribution in [0.15, 0.2) is 22.5 Å². The van der Waals surface area contributed by atoms with Crippen LogP contribution in [-0.2, 0) is 13.1 Å². The molecule has 3 heterocycles. The number of nitrogens with one attached hydrogen (secondary N) is 2. The van der Waals surface area contributed by atoms with Crippen LogP contribution >= 0.6 is 22.7 Å². The molecule has 1 unspecified atom stereocenters. The molecule has 2 N–H and O–H groups in total. The fourth-order valence-electron chi connectivity index (χ4n) is 3.42. The van der Waals surface area contributed by atoms with E-state index in [1.54, 1.807) is 11.3 Å². The second kappa shape index (κ2) is 10.2. The first kappa shape index (κ1) is 20.3. The van der Waals surface area contributed by atoms with Crippen molar-refractivity contribution in [2.24, 2.45) is 10.9 Å². The van der Waals surface area contributed by atoms with Crippen molar-refractivity contribution < 1.29 is 0 Å². The zero-order valence-corrected chi connectivity index (χ0v) is 18.3. The maximum absolute atomic E-state index is 4.73. The molecule has 0 aromatic carbocycles. The molecule has 1 aliphatic rings. The summed E-state index contributed by atoms with van der Waals surface area (Å²) in [6.07, 6.45) is 2.57. The van der Waals surface area contributed by atoms with Crippen molar-refractivity contribution in [3.05, 3.63) is 38.0 Å². The first-order chi connectivity index (χ1) is 13.1. The number of piperidine rings is 1. The van der Waals surface area contributed by atoms with E-state index in [0.29, 0.717) is 12.5 Å². The highest BCUT2D eigenvalue weighted by atomic mass is 32.1. The number of thiophene rings is 1. The van der Waals surface area contributed by atoms with Gasteiger partial charge in [0.25, 0.3) is 0 Å². The highest BCUT2D eigenvalue weighted by molar-refractivity contribution is 7.11. The van der Waals surface area contributed by atoms with E-state index in [0.717, 1.165) is 42.8 Å². The molecule has 148 valence electrons. The van der Waals surface area contributed by atoms with Crippen LogP contribution in [0.1, 0.15) is 40.2 Å². The van der Waals surface area contributed by atoms with Crippen molar-refractivity contribution in [3.63, 3.8) is 0 Å². The monoisotopic (exact) mass is 405 g/mol. The topological polar surface area (TPSA) is 52.6 Å². The normalized spacial score (nSPS) is 18.6. The van der Waals surface area contributed by atoms with Gasteiger partial charge in [0.1, 0.15) is 5.01 Å². The summed E-state index contributed by atoms with van der Waals surface area (Å²) >= 11 is 3.60. The highest BCUT2D eigenvalue weighted by Gasteiger charge is 2.20. The number of guanidine groups is 1. The van der Waals surface area contributed by atoms with E-state index in [2.05, 4.69) is 58.8 Å². The van der Waals surface area contributed by atoms with Crippen molar-refractivity contribution >= 4 is 28.6 Å². The summed E-state index contributed by atoms with van der Waals surface area (Å²) in [5.41, 5.74) is 1.12. The fraction of sp³-hybridized carbons (Fsp3) is 0.600.